The van der Waals surface area contributed by atoms with E-state index >= 15 is 0 Å². The molecular weight excluding hydrogens is 570 g/mol. The minimum absolute atomic E-state index is 0.115. The van der Waals surface area contributed by atoms with Crippen molar-refractivity contribution >= 4 is 11.9 Å². The smallest absolute Gasteiger partial charge is 0.339 e. The molecule has 1 aromatic heterocycles. The van der Waals surface area contributed by atoms with Crippen molar-refractivity contribution < 1.29 is 14.7 Å². The molecule has 3 atom stereocenters. The molecule has 5 aliphatic rings. The van der Waals surface area contributed by atoms with Crippen molar-refractivity contribution in [2.75, 3.05) is 6.54 Å². The van der Waals surface area contributed by atoms with Crippen LogP contribution >= 0.6 is 0 Å². The fourth-order valence-corrected chi connectivity index (χ4v) is 10.1. The Morgan fingerprint density at radius 1 is 0.783 bits per heavy atom. The molecule has 0 spiro atoms. The monoisotopic (exact) mass is 627 g/mol. The third-order valence-corrected chi connectivity index (χ3v) is 12.8. The second-order valence-electron chi connectivity index (χ2n) is 15.8. The Bertz CT molecular complexity index is 1360. The van der Waals surface area contributed by atoms with E-state index in [0.29, 0.717) is 29.3 Å². The van der Waals surface area contributed by atoms with Crippen LogP contribution in [-0.4, -0.2) is 44.3 Å². The minimum atomic E-state index is -0.877. The Morgan fingerprint density at radius 3 is 2.22 bits per heavy atom. The van der Waals surface area contributed by atoms with Crippen molar-refractivity contribution in [1.29, 1.82) is 0 Å². The molecule has 6 nitrogen and oxygen atoms in total. The van der Waals surface area contributed by atoms with Gasteiger partial charge in [-0.1, -0.05) is 64.4 Å². The molecule has 0 radical (unpaired) electrons. The van der Waals surface area contributed by atoms with Gasteiger partial charge in [-0.3, -0.25) is 4.79 Å². The van der Waals surface area contributed by atoms with Crippen LogP contribution in [0, 0.1) is 17.8 Å². The molecule has 1 saturated heterocycles. The molecule has 46 heavy (non-hydrogen) atoms. The molecule has 6 heteroatoms. The van der Waals surface area contributed by atoms with E-state index in [4.69, 9.17) is 5.10 Å². The highest BCUT2D eigenvalue weighted by Crippen LogP contribution is 2.47. The first kappa shape index (κ1) is 31.9. The van der Waals surface area contributed by atoms with Crippen molar-refractivity contribution in [3.05, 3.63) is 46.8 Å². The number of unbranched alkanes of at least 4 members (excludes halogenated alkanes) is 1. The Kier molecular flexibility index (Phi) is 9.89. The molecule has 5 fully saturated rings. The summed E-state index contributed by atoms with van der Waals surface area (Å²) in [6, 6.07) is 7.58. The van der Waals surface area contributed by atoms with Crippen LogP contribution in [0.15, 0.2) is 24.4 Å². The zero-order valence-electron chi connectivity index (χ0n) is 28.3. The average Bonchev–Trinajstić information content (AvgIpc) is 3.65. The summed E-state index contributed by atoms with van der Waals surface area (Å²) in [6.07, 6.45) is 26.0. The number of benzene rings is 1. The summed E-state index contributed by atoms with van der Waals surface area (Å²) in [5, 5.41) is 14.7. The highest BCUT2D eigenvalue weighted by Gasteiger charge is 2.37. The van der Waals surface area contributed by atoms with Crippen molar-refractivity contribution in [2.45, 2.75) is 159 Å². The summed E-state index contributed by atoms with van der Waals surface area (Å²) in [7, 11) is 0. The summed E-state index contributed by atoms with van der Waals surface area (Å²) in [6.45, 7) is 3.18. The van der Waals surface area contributed by atoms with Crippen LogP contribution < -0.4 is 0 Å². The first-order valence-corrected chi connectivity index (χ1v) is 19.3. The van der Waals surface area contributed by atoms with Gasteiger partial charge in [0.1, 0.15) is 5.56 Å². The van der Waals surface area contributed by atoms with Gasteiger partial charge in [-0.05, 0) is 124 Å². The van der Waals surface area contributed by atoms with Gasteiger partial charge in [-0.25, -0.2) is 9.48 Å². The van der Waals surface area contributed by atoms with Gasteiger partial charge >= 0.3 is 5.97 Å². The van der Waals surface area contributed by atoms with Gasteiger partial charge in [0.15, 0.2) is 0 Å². The zero-order chi connectivity index (χ0) is 31.6. The van der Waals surface area contributed by atoms with E-state index in [1.807, 2.05) is 4.68 Å². The summed E-state index contributed by atoms with van der Waals surface area (Å²) < 4.78 is 1.97. The van der Waals surface area contributed by atoms with Crippen molar-refractivity contribution in [1.82, 2.24) is 14.7 Å². The van der Waals surface area contributed by atoms with Crippen molar-refractivity contribution in [2.24, 2.45) is 17.8 Å². The number of carbonyl (C=O) groups excluding carboxylic acids is 1. The fourth-order valence-electron chi connectivity index (χ4n) is 10.1. The number of amides is 1. The third kappa shape index (κ3) is 6.83. The summed E-state index contributed by atoms with van der Waals surface area (Å²) >= 11 is 0. The van der Waals surface area contributed by atoms with Gasteiger partial charge in [0.25, 0.3) is 0 Å². The van der Waals surface area contributed by atoms with Crippen LogP contribution in [-0.2, 0) is 4.79 Å². The number of carboxylic acids is 1. The predicted molar refractivity (Wildman–Crippen MR) is 183 cm³/mol. The van der Waals surface area contributed by atoms with Gasteiger partial charge in [0, 0.05) is 24.4 Å². The number of aromatic carboxylic acids is 1. The van der Waals surface area contributed by atoms with Gasteiger partial charge < -0.3 is 10.0 Å². The molecule has 1 amide bonds. The van der Waals surface area contributed by atoms with E-state index in [1.165, 1.54) is 88.2 Å². The summed E-state index contributed by atoms with van der Waals surface area (Å²) in [5.74, 6) is 2.66. The zero-order valence-corrected chi connectivity index (χ0v) is 28.3. The summed E-state index contributed by atoms with van der Waals surface area (Å²) in [5.41, 5.74) is 5.02. The summed E-state index contributed by atoms with van der Waals surface area (Å²) in [4.78, 5) is 28.4. The fraction of sp³-hybridized carbons (Fsp3) is 0.725. The van der Waals surface area contributed by atoms with Gasteiger partial charge in [0.05, 0.1) is 17.6 Å². The van der Waals surface area contributed by atoms with E-state index in [-0.39, 0.29) is 11.8 Å². The van der Waals surface area contributed by atoms with E-state index in [0.717, 1.165) is 81.1 Å². The van der Waals surface area contributed by atoms with Gasteiger partial charge in [-0.15, -0.1) is 0 Å². The number of likely N-dealkylation sites (tertiary alicyclic amines) is 1. The molecule has 1 aromatic carbocycles. The Hall–Kier alpha value is -2.63. The second-order valence-corrected chi connectivity index (χ2v) is 15.8. The highest BCUT2D eigenvalue weighted by molar-refractivity contribution is 5.89. The van der Waals surface area contributed by atoms with Crippen LogP contribution in [0.3, 0.4) is 0 Å². The quantitative estimate of drug-likeness (QED) is 0.285. The maximum absolute atomic E-state index is 14.0. The molecule has 0 bridgehead atoms. The molecule has 1 unspecified atom stereocenters. The number of carboxylic acid groups (broad SMARTS) is 1. The Morgan fingerprint density at radius 2 is 1.50 bits per heavy atom. The molecule has 1 aliphatic heterocycles. The number of nitrogens with zero attached hydrogens (tertiary/aromatic N) is 3. The molecule has 4 saturated carbocycles. The number of hydrogen-bond donors (Lipinski definition) is 1. The molecule has 2 heterocycles. The van der Waals surface area contributed by atoms with Crippen LogP contribution in [0.2, 0.25) is 0 Å². The van der Waals surface area contributed by atoms with Crippen molar-refractivity contribution in [3.8, 4) is 5.69 Å². The lowest BCUT2D eigenvalue weighted by molar-refractivity contribution is -0.137. The lowest BCUT2D eigenvalue weighted by atomic mass is 9.69. The normalized spacial score (nSPS) is 29.2. The molecular formula is C40H57N3O3. The van der Waals surface area contributed by atoms with E-state index in [1.54, 1.807) is 6.20 Å². The van der Waals surface area contributed by atoms with E-state index < -0.39 is 5.97 Å². The lowest BCUT2D eigenvalue weighted by Crippen LogP contribution is -2.41. The van der Waals surface area contributed by atoms with E-state index in [2.05, 4.69) is 30.0 Å². The number of carbonyl (C=O) groups is 2. The average molecular weight is 628 g/mol. The highest BCUT2D eigenvalue weighted by atomic mass is 16.4. The first-order chi connectivity index (χ1) is 22.5. The SMILES string of the molecule is CCCCC1CCCN1C(=O)[C@@H]1CCC[C@H](c2cc(C3CCC(C4CCCCC4)CC3)cc(-n3ncc(C(=O)O)c3C3CC3)c2)C1. The van der Waals surface area contributed by atoms with Gasteiger partial charge in [-0.2, -0.15) is 5.10 Å². The second kappa shape index (κ2) is 14.2. The van der Waals surface area contributed by atoms with Crippen LogP contribution in [0.4, 0.5) is 0 Å². The lowest BCUT2D eigenvalue weighted by Gasteiger charge is -2.37. The molecule has 1 N–H and O–H groups in total. The topological polar surface area (TPSA) is 75.4 Å². The Labute approximate surface area is 276 Å². The molecule has 2 aromatic rings. The molecule has 250 valence electrons. The maximum Gasteiger partial charge on any atom is 0.339 e. The largest absolute Gasteiger partial charge is 0.478 e. The predicted octanol–water partition coefficient (Wildman–Crippen LogP) is 9.76. The third-order valence-electron chi connectivity index (χ3n) is 12.8. The number of aromatic nitrogens is 2. The standard InChI is InChI=1S/C40H57N3O3/c1-2-3-13-35-14-8-21-42(35)39(44)32-12-7-11-31(22-32)34-23-33(29-17-15-28(16-18-29)27-9-5-4-6-10-27)24-36(25-34)43-38(30-19-20-30)37(26-41-43)40(45)46/h23-32,35H,2-22H2,1H3,(H,45,46)/t28?,29?,31-,32+,35?/m0/s1. The van der Waals surface area contributed by atoms with E-state index in [9.17, 15) is 14.7 Å². The van der Waals surface area contributed by atoms with Crippen LogP contribution in [0.1, 0.15) is 180 Å². The molecule has 4 aliphatic carbocycles. The Balaban J connectivity index is 1.16. The number of hydrogen-bond acceptors (Lipinski definition) is 3. The van der Waals surface area contributed by atoms with Crippen molar-refractivity contribution in [3.63, 3.8) is 0 Å². The maximum atomic E-state index is 14.0. The molecule has 7 rings (SSSR count). The van der Waals surface area contributed by atoms with Gasteiger partial charge in [0.2, 0.25) is 5.91 Å². The van der Waals surface area contributed by atoms with Crippen LogP contribution in [0.5, 0.6) is 0 Å². The van der Waals surface area contributed by atoms with Crippen LogP contribution in [0.25, 0.3) is 5.69 Å². The number of rotatable bonds is 10. The first-order valence-electron chi connectivity index (χ1n) is 19.3. The minimum Gasteiger partial charge on any atom is -0.478 e.